The second kappa shape index (κ2) is 7.32. The smallest absolute Gasteiger partial charge is 0.164 e. The van der Waals surface area contributed by atoms with Gasteiger partial charge in [-0.1, -0.05) is 58.7 Å². The number of halogens is 2. The maximum Gasteiger partial charge on any atom is 0.164 e. The minimum absolute atomic E-state index is 0.122. The number of nitrogens with zero attached hydrogens (tertiary/aromatic N) is 2. The van der Waals surface area contributed by atoms with Crippen molar-refractivity contribution in [1.29, 1.82) is 0 Å². The van der Waals surface area contributed by atoms with E-state index in [1.165, 1.54) is 0 Å². The first-order valence-electron chi connectivity index (χ1n) is 8.53. The summed E-state index contributed by atoms with van der Waals surface area (Å²) in [6.45, 7) is 2.03. The fourth-order valence-corrected chi connectivity index (χ4v) is 6.65. The molecule has 2 aliphatic heterocycles. The van der Waals surface area contributed by atoms with Gasteiger partial charge in [0.15, 0.2) is 15.0 Å². The zero-order valence-corrected chi connectivity index (χ0v) is 17.7. The van der Waals surface area contributed by atoms with Gasteiger partial charge < -0.3 is 4.90 Å². The van der Waals surface area contributed by atoms with E-state index in [-0.39, 0.29) is 23.6 Å². The normalized spacial score (nSPS) is 23.4. The van der Waals surface area contributed by atoms with Gasteiger partial charge in [0.2, 0.25) is 0 Å². The molecule has 1 saturated heterocycles. The lowest BCUT2D eigenvalue weighted by Crippen LogP contribution is -2.39. The molecule has 0 spiro atoms. The molecule has 2 aliphatic rings. The van der Waals surface area contributed by atoms with E-state index in [1.807, 2.05) is 43.3 Å². The molecule has 8 heteroatoms. The van der Waals surface area contributed by atoms with E-state index in [4.69, 9.17) is 28.2 Å². The number of sulfone groups is 1. The summed E-state index contributed by atoms with van der Waals surface area (Å²) >= 11 is 13.7. The topological polar surface area (TPSA) is 49.7 Å². The lowest BCUT2D eigenvalue weighted by Gasteiger charge is -2.26. The molecule has 0 aromatic heterocycles. The number of aliphatic imine (C=N–C) groups is 1. The zero-order valence-electron chi connectivity index (χ0n) is 14.6. The monoisotopic (exact) mass is 440 g/mol. The summed E-state index contributed by atoms with van der Waals surface area (Å²) < 4.78 is 24.2. The lowest BCUT2D eigenvalue weighted by atomic mass is 10.1. The van der Waals surface area contributed by atoms with Gasteiger partial charge in [-0.15, -0.1) is 0 Å². The Morgan fingerprint density at radius 3 is 2.56 bits per heavy atom. The van der Waals surface area contributed by atoms with Crippen LogP contribution in [0.2, 0.25) is 10.0 Å². The van der Waals surface area contributed by atoms with Crippen LogP contribution in [0.15, 0.2) is 47.5 Å². The molecular formula is C19H18Cl2N2O2S2. The Kier molecular flexibility index (Phi) is 5.18. The first-order chi connectivity index (χ1) is 12.8. The average Bonchev–Trinajstić information content (AvgIpc) is 3.08. The Labute approximate surface area is 173 Å². The highest BCUT2D eigenvalue weighted by molar-refractivity contribution is 8.13. The molecule has 4 nitrogen and oxygen atoms in total. The van der Waals surface area contributed by atoms with Crippen LogP contribution in [0.4, 0.5) is 5.69 Å². The minimum Gasteiger partial charge on any atom is -0.315 e. The van der Waals surface area contributed by atoms with Crippen molar-refractivity contribution >= 4 is 55.7 Å². The van der Waals surface area contributed by atoms with E-state index in [9.17, 15) is 8.42 Å². The number of benzene rings is 2. The van der Waals surface area contributed by atoms with Gasteiger partial charge in [0.05, 0.1) is 33.6 Å². The third-order valence-electron chi connectivity index (χ3n) is 4.77. The summed E-state index contributed by atoms with van der Waals surface area (Å²) in [6, 6.07) is 13.4. The molecule has 0 radical (unpaired) electrons. The summed E-state index contributed by atoms with van der Waals surface area (Å²) in [5.41, 5.74) is 3.19. The zero-order chi connectivity index (χ0) is 19.2. The molecule has 2 heterocycles. The first kappa shape index (κ1) is 19.1. The Morgan fingerprint density at radius 2 is 1.85 bits per heavy atom. The predicted octanol–water partition coefficient (Wildman–Crippen LogP) is 4.58. The standard InChI is InChI=1S/C19H18Cl2N2O2S2/c1-12-2-5-14(6-3-12)23-18-11-27(24,25)10-17(18)22-19(23)26-9-13-4-7-15(20)16(21)8-13/h2-8,17-18H,9-11H2,1H3. The van der Waals surface area contributed by atoms with Crippen molar-refractivity contribution in [3.63, 3.8) is 0 Å². The third-order valence-corrected chi connectivity index (χ3v) is 8.25. The molecule has 2 aromatic carbocycles. The van der Waals surface area contributed by atoms with Crippen LogP contribution in [0.3, 0.4) is 0 Å². The molecule has 4 rings (SSSR count). The van der Waals surface area contributed by atoms with Crippen molar-refractivity contribution in [3.05, 3.63) is 63.6 Å². The maximum absolute atomic E-state index is 12.1. The Balaban J connectivity index is 1.60. The summed E-state index contributed by atoms with van der Waals surface area (Å²) in [5.74, 6) is 0.951. The van der Waals surface area contributed by atoms with Crippen LogP contribution in [-0.2, 0) is 15.6 Å². The average molecular weight is 441 g/mol. The molecule has 0 aliphatic carbocycles. The van der Waals surface area contributed by atoms with Crippen LogP contribution in [0.25, 0.3) is 0 Å². The second-order valence-corrected chi connectivity index (χ2v) is 10.8. The van der Waals surface area contributed by atoms with Crippen LogP contribution >= 0.6 is 35.0 Å². The van der Waals surface area contributed by atoms with Crippen LogP contribution in [0.1, 0.15) is 11.1 Å². The molecule has 0 N–H and O–H groups in total. The van der Waals surface area contributed by atoms with Crippen molar-refractivity contribution in [2.45, 2.75) is 24.8 Å². The lowest BCUT2D eigenvalue weighted by molar-refractivity contribution is 0.601. The van der Waals surface area contributed by atoms with Gasteiger partial charge >= 0.3 is 0 Å². The number of hydrogen-bond acceptors (Lipinski definition) is 5. The summed E-state index contributed by atoms with van der Waals surface area (Å²) in [6.07, 6.45) is 0. The van der Waals surface area contributed by atoms with Crippen molar-refractivity contribution < 1.29 is 8.42 Å². The molecule has 2 atom stereocenters. The molecule has 0 bridgehead atoms. The van der Waals surface area contributed by atoms with Gasteiger partial charge in [0, 0.05) is 11.4 Å². The summed E-state index contributed by atoms with van der Waals surface area (Å²) in [7, 11) is -3.05. The molecule has 142 valence electrons. The van der Waals surface area contributed by atoms with Gasteiger partial charge in [-0.05, 0) is 36.8 Å². The van der Waals surface area contributed by atoms with Gasteiger partial charge in [-0.3, -0.25) is 4.99 Å². The SMILES string of the molecule is Cc1ccc(N2C(SCc3ccc(Cl)c(Cl)c3)=NC3CS(=O)(=O)CC32)cc1. The molecule has 2 aromatic rings. The highest BCUT2D eigenvalue weighted by Crippen LogP contribution is 2.36. The van der Waals surface area contributed by atoms with Crippen molar-refractivity contribution in [1.82, 2.24) is 0 Å². The fourth-order valence-electron chi connectivity index (χ4n) is 3.42. The van der Waals surface area contributed by atoms with Crippen molar-refractivity contribution in [2.24, 2.45) is 4.99 Å². The van der Waals surface area contributed by atoms with E-state index in [0.29, 0.717) is 15.8 Å². The van der Waals surface area contributed by atoms with E-state index >= 15 is 0 Å². The van der Waals surface area contributed by atoms with E-state index in [2.05, 4.69) is 4.90 Å². The van der Waals surface area contributed by atoms with Gasteiger partial charge in [-0.2, -0.15) is 0 Å². The predicted molar refractivity (Wildman–Crippen MR) is 115 cm³/mol. The minimum atomic E-state index is -3.05. The molecular weight excluding hydrogens is 423 g/mol. The quantitative estimate of drug-likeness (QED) is 0.700. The van der Waals surface area contributed by atoms with E-state index in [1.54, 1.807) is 17.8 Å². The number of thioether (sulfide) groups is 1. The number of rotatable bonds is 3. The van der Waals surface area contributed by atoms with E-state index in [0.717, 1.165) is 22.0 Å². The highest BCUT2D eigenvalue weighted by Gasteiger charge is 2.47. The highest BCUT2D eigenvalue weighted by atomic mass is 35.5. The van der Waals surface area contributed by atoms with Crippen molar-refractivity contribution in [2.75, 3.05) is 16.4 Å². The Bertz CT molecular complexity index is 1010. The largest absolute Gasteiger partial charge is 0.315 e. The van der Waals surface area contributed by atoms with Crippen molar-refractivity contribution in [3.8, 4) is 0 Å². The number of fused-ring (bicyclic) bond motifs is 1. The van der Waals surface area contributed by atoms with Crippen LogP contribution < -0.4 is 4.90 Å². The molecule has 1 fully saturated rings. The van der Waals surface area contributed by atoms with Gasteiger partial charge in [0.25, 0.3) is 0 Å². The van der Waals surface area contributed by atoms with E-state index < -0.39 is 9.84 Å². The third kappa shape index (κ3) is 3.99. The maximum atomic E-state index is 12.1. The summed E-state index contributed by atoms with van der Waals surface area (Å²) in [4.78, 5) is 6.83. The molecule has 2 unspecified atom stereocenters. The van der Waals surface area contributed by atoms with Crippen LogP contribution in [-0.4, -0.2) is 37.2 Å². The molecule has 0 saturated carbocycles. The van der Waals surface area contributed by atoms with Gasteiger partial charge in [-0.25, -0.2) is 8.42 Å². The number of amidine groups is 1. The molecule has 27 heavy (non-hydrogen) atoms. The Hall–Kier alpha value is -1.21. The number of aryl methyl sites for hydroxylation is 1. The first-order valence-corrected chi connectivity index (χ1v) is 12.1. The number of hydrogen-bond donors (Lipinski definition) is 0. The van der Waals surface area contributed by atoms with Crippen LogP contribution in [0.5, 0.6) is 0 Å². The van der Waals surface area contributed by atoms with Crippen LogP contribution in [0, 0.1) is 6.92 Å². The van der Waals surface area contributed by atoms with Gasteiger partial charge in [0.1, 0.15) is 0 Å². The fraction of sp³-hybridized carbons (Fsp3) is 0.316. The summed E-state index contributed by atoms with van der Waals surface area (Å²) in [5, 5.41) is 1.92. The number of anilines is 1. The Morgan fingerprint density at radius 1 is 1.11 bits per heavy atom. The second-order valence-electron chi connectivity index (χ2n) is 6.87. The molecule has 0 amide bonds.